The van der Waals surface area contributed by atoms with E-state index in [0.29, 0.717) is 5.69 Å². The summed E-state index contributed by atoms with van der Waals surface area (Å²) < 4.78 is 0. The fourth-order valence-electron chi connectivity index (χ4n) is 0.925. The summed E-state index contributed by atoms with van der Waals surface area (Å²) in [6.45, 7) is 0. The first-order valence-corrected chi connectivity index (χ1v) is 3.87. The third-order valence-corrected chi connectivity index (χ3v) is 1.90. The third-order valence-electron chi connectivity index (χ3n) is 1.59. The third kappa shape index (κ3) is 1.84. The van der Waals surface area contributed by atoms with Gasteiger partial charge < -0.3 is 15.5 Å². The van der Waals surface area contributed by atoms with Gasteiger partial charge in [0.15, 0.2) is 0 Å². The highest BCUT2D eigenvalue weighted by atomic mass is 35.5. The van der Waals surface area contributed by atoms with Crippen LogP contribution >= 0.6 is 11.6 Å². The van der Waals surface area contributed by atoms with Crippen LogP contribution in [0.2, 0.25) is 5.02 Å². The Hall–Kier alpha value is -1.42. The van der Waals surface area contributed by atoms with Crippen molar-refractivity contribution < 1.29 is 15.0 Å². The predicted molar refractivity (Wildman–Crippen MR) is 49.6 cm³/mol. The Morgan fingerprint density at radius 1 is 1.54 bits per heavy atom. The van der Waals surface area contributed by atoms with Crippen molar-refractivity contribution in [2.45, 2.75) is 0 Å². The molecule has 0 fully saturated rings. The van der Waals surface area contributed by atoms with Crippen molar-refractivity contribution in [2.24, 2.45) is 0 Å². The number of carboxylic acid groups (broad SMARTS) is 1. The van der Waals surface area contributed by atoms with Gasteiger partial charge in [-0.2, -0.15) is 0 Å². The Labute approximate surface area is 79.8 Å². The van der Waals surface area contributed by atoms with Gasteiger partial charge in [-0.05, 0) is 6.07 Å². The van der Waals surface area contributed by atoms with E-state index in [-0.39, 0.29) is 16.3 Å². The smallest absolute Gasteiger partial charge is 0.339 e. The number of benzene rings is 1. The molecule has 0 aliphatic heterocycles. The van der Waals surface area contributed by atoms with Crippen molar-refractivity contribution in [3.63, 3.8) is 0 Å². The molecule has 13 heavy (non-hydrogen) atoms. The van der Waals surface area contributed by atoms with Crippen LogP contribution in [0.15, 0.2) is 12.1 Å². The van der Waals surface area contributed by atoms with E-state index in [1.807, 2.05) is 0 Å². The molecule has 5 heteroatoms. The van der Waals surface area contributed by atoms with Gasteiger partial charge in [0.2, 0.25) is 0 Å². The van der Waals surface area contributed by atoms with E-state index < -0.39 is 5.97 Å². The molecule has 0 bridgehead atoms. The molecule has 1 aromatic carbocycles. The number of carboxylic acids is 1. The summed E-state index contributed by atoms with van der Waals surface area (Å²) in [5, 5.41) is 20.8. The highest BCUT2D eigenvalue weighted by Crippen LogP contribution is 2.29. The van der Waals surface area contributed by atoms with Gasteiger partial charge in [0.1, 0.15) is 11.3 Å². The maximum atomic E-state index is 10.5. The molecule has 4 nitrogen and oxygen atoms in total. The van der Waals surface area contributed by atoms with Crippen LogP contribution in [0, 0.1) is 0 Å². The van der Waals surface area contributed by atoms with Crippen LogP contribution in [-0.2, 0) is 0 Å². The number of hydrogen-bond donors (Lipinski definition) is 3. The second-order valence-electron chi connectivity index (χ2n) is 2.40. The fourth-order valence-corrected chi connectivity index (χ4v) is 1.18. The number of phenols is 1. The number of hydrogen-bond acceptors (Lipinski definition) is 3. The van der Waals surface area contributed by atoms with Gasteiger partial charge in [0, 0.05) is 13.1 Å². The summed E-state index contributed by atoms with van der Waals surface area (Å²) >= 11 is 5.71. The largest absolute Gasteiger partial charge is 0.507 e. The first-order chi connectivity index (χ1) is 6.06. The van der Waals surface area contributed by atoms with Crippen LogP contribution in [-0.4, -0.2) is 23.2 Å². The number of halogens is 1. The Morgan fingerprint density at radius 3 is 2.62 bits per heavy atom. The molecular formula is C8H8ClNO3. The minimum atomic E-state index is -1.21. The summed E-state index contributed by atoms with van der Waals surface area (Å²) in [4.78, 5) is 10.5. The molecule has 1 aromatic rings. The number of carbonyl (C=O) groups is 1. The van der Waals surface area contributed by atoms with E-state index in [0.717, 1.165) is 0 Å². The summed E-state index contributed by atoms with van der Waals surface area (Å²) in [6, 6.07) is 2.47. The number of anilines is 1. The van der Waals surface area contributed by atoms with Crippen molar-refractivity contribution in [2.75, 3.05) is 12.4 Å². The maximum absolute atomic E-state index is 10.5. The maximum Gasteiger partial charge on any atom is 0.339 e. The van der Waals surface area contributed by atoms with Crippen molar-refractivity contribution in [3.8, 4) is 5.75 Å². The first-order valence-electron chi connectivity index (χ1n) is 3.50. The van der Waals surface area contributed by atoms with E-state index in [9.17, 15) is 9.90 Å². The van der Waals surface area contributed by atoms with Gasteiger partial charge in [-0.3, -0.25) is 0 Å². The zero-order valence-corrected chi connectivity index (χ0v) is 7.59. The lowest BCUT2D eigenvalue weighted by Crippen LogP contribution is -1.98. The van der Waals surface area contributed by atoms with Gasteiger partial charge in [0.25, 0.3) is 0 Å². The molecule has 0 saturated heterocycles. The second kappa shape index (κ2) is 3.53. The molecule has 3 N–H and O–H groups in total. The summed E-state index contributed by atoms with van der Waals surface area (Å²) in [5.74, 6) is -1.51. The molecule has 0 amide bonds. The van der Waals surface area contributed by atoms with Crippen LogP contribution in [0.4, 0.5) is 5.69 Å². The minimum absolute atomic E-state index is 0.205. The zero-order chi connectivity index (χ0) is 10.0. The average Bonchev–Trinajstić information content (AvgIpc) is 2.07. The molecule has 0 atom stereocenters. The van der Waals surface area contributed by atoms with Crippen molar-refractivity contribution in [1.29, 1.82) is 0 Å². The monoisotopic (exact) mass is 201 g/mol. The van der Waals surface area contributed by atoms with Gasteiger partial charge in [0.05, 0.1) is 10.7 Å². The predicted octanol–water partition coefficient (Wildman–Crippen LogP) is 1.79. The van der Waals surface area contributed by atoms with Gasteiger partial charge in [-0.15, -0.1) is 0 Å². The molecule has 0 heterocycles. The summed E-state index contributed by atoms with van der Waals surface area (Å²) in [7, 11) is 1.63. The number of nitrogens with one attached hydrogen (secondary N) is 1. The fraction of sp³-hybridized carbons (Fsp3) is 0.125. The zero-order valence-electron chi connectivity index (χ0n) is 6.84. The van der Waals surface area contributed by atoms with Crippen molar-refractivity contribution >= 4 is 23.3 Å². The van der Waals surface area contributed by atoms with Crippen LogP contribution in [0.3, 0.4) is 0 Å². The molecule has 0 aliphatic carbocycles. The van der Waals surface area contributed by atoms with Gasteiger partial charge >= 0.3 is 5.97 Å². The van der Waals surface area contributed by atoms with E-state index in [4.69, 9.17) is 16.7 Å². The standard InChI is InChI=1S/C8H8ClNO3/c1-10-6-3-7(11)4(8(12)13)2-5(6)9/h2-3,10-11H,1H3,(H,12,13). The lowest BCUT2D eigenvalue weighted by Gasteiger charge is -2.06. The molecule has 0 unspecified atom stereocenters. The van der Waals surface area contributed by atoms with Crippen LogP contribution in [0.1, 0.15) is 10.4 Å². The Morgan fingerprint density at radius 2 is 2.15 bits per heavy atom. The van der Waals surface area contributed by atoms with Gasteiger partial charge in [-0.1, -0.05) is 11.6 Å². The number of aromatic carboxylic acids is 1. The lowest BCUT2D eigenvalue weighted by atomic mass is 10.2. The summed E-state index contributed by atoms with van der Waals surface area (Å²) in [5.41, 5.74) is 0.285. The molecule has 70 valence electrons. The van der Waals surface area contributed by atoms with Crippen LogP contribution in [0.5, 0.6) is 5.75 Å². The highest BCUT2D eigenvalue weighted by molar-refractivity contribution is 6.33. The molecule has 0 spiro atoms. The molecule has 0 saturated carbocycles. The Kier molecular flexibility index (Phi) is 2.63. The molecule has 0 aliphatic rings. The normalized spacial score (nSPS) is 9.69. The highest BCUT2D eigenvalue weighted by Gasteiger charge is 2.12. The molecule has 0 aromatic heterocycles. The average molecular weight is 202 g/mol. The quantitative estimate of drug-likeness (QED) is 0.682. The van der Waals surface area contributed by atoms with Crippen LogP contribution < -0.4 is 5.32 Å². The molecule has 0 radical (unpaired) electrons. The van der Waals surface area contributed by atoms with Crippen molar-refractivity contribution in [3.05, 3.63) is 22.7 Å². The first kappa shape index (κ1) is 9.67. The molecular weight excluding hydrogens is 194 g/mol. The minimum Gasteiger partial charge on any atom is -0.507 e. The molecule has 1 rings (SSSR count). The van der Waals surface area contributed by atoms with E-state index in [1.165, 1.54) is 12.1 Å². The summed E-state index contributed by atoms with van der Waals surface area (Å²) in [6.07, 6.45) is 0. The topological polar surface area (TPSA) is 69.6 Å². The Bertz CT molecular complexity index is 351. The number of rotatable bonds is 2. The SMILES string of the molecule is CNc1cc(O)c(C(=O)O)cc1Cl. The Balaban J connectivity index is 3.28. The van der Waals surface area contributed by atoms with Gasteiger partial charge in [-0.25, -0.2) is 4.79 Å². The lowest BCUT2D eigenvalue weighted by molar-refractivity contribution is 0.0694. The van der Waals surface area contributed by atoms with E-state index in [1.54, 1.807) is 7.05 Å². The van der Waals surface area contributed by atoms with E-state index >= 15 is 0 Å². The van der Waals surface area contributed by atoms with Crippen LogP contribution in [0.25, 0.3) is 0 Å². The second-order valence-corrected chi connectivity index (χ2v) is 2.81. The van der Waals surface area contributed by atoms with Crippen molar-refractivity contribution in [1.82, 2.24) is 0 Å². The number of aromatic hydroxyl groups is 1. The van der Waals surface area contributed by atoms with E-state index in [2.05, 4.69) is 5.32 Å².